The van der Waals surface area contributed by atoms with Crippen LogP contribution >= 0.6 is 23.2 Å². The maximum atomic E-state index is 11.4. The number of H-pyrrole nitrogens is 1. The van der Waals surface area contributed by atoms with E-state index < -0.39 is 0 Å². The maximum Gasteiger partial charge on any atom is 0.285 e. The summed E-state index contributed by atoms with van der Waals surface area (Å²) in [4.78, 5) is 13.7. The summed E-state index contributed by atoms with van der Waals surface area (Å²) in [5, 5.41) is 10.2. The van der Waals surface area contributed by atoms with Crippen molar-refractivity contribution in [3.63, 3.8) is 0 Å². The van der Waals surface area contributed by atoms with E-state index in [-0.39, 0.29) is 16.6 Å². The number of rotatable bonds is 3. The van der Waals surface area contributed by atoms with Gasteiger partial charge < -0.3 is 10.2 Å². The van der Waals surface area contributed by atoms with Gasteiger partial charge in [0.1, 0.15) is 5.02 Å². The Morgan fingerprint density at radius 1 is 1.29 bits per heavy atom. The summed E-state index contributed by atoms with van der Waals surface area (Å²) in [6.45, 7) is 1.78. The van der Waals surface area contributed by atoms with Crippen LogP contribution in [0.3, 0.4) is 0 Å². The van der Waals surface area contributed by atoms with Gasteiger partial charge in [0.2, 0.25) is 0 Å². The summed E-state index contributed by atoms with van der Waals surface area (Å²) >= 11 is 11.9. The van der Waals surface area contributed by atoms with Crippen molar-refractivity contribution >= 4 is 34.6 Å². The summed E-state index contributed by atoms with van der Waals surface area (Å²) < 4.78 is 0. The van der Waals surface area contributed by atoms with Crippen molar-refractivity contribution in [2.75, 3.05) is 23.3 Å². The monoisotopic (exact) mass is 324 g/mol. The molecule has 0 aliphatic carbocycles. The van der Waals surface area contributed by atoms with E-state index >= 15 is 0 Å². The van der Waals surface area contributed by atoms with Gasteiger partial charge in [-0.1, -0.05) is 23.2 Å². The van der Waals surface area contributed by atoms with Crippen LogP contribution < -0.4 is 15.8 Å². The van der Waals surface area contributed by atoms with E-state index in [1.807, 2.05) is 24.3 Å². The van der Waals surface area contributed by atoms with Crippen LogP contribution in [-0.4, -0.2) is 29.3 Å². The lowest BCUT2D eigenvalue weighted by Gasteiger charge is -2.19. The van der Waals surface area contributed by atoms with Crippen LogP contribution in [0.4, 0.5) is 11.4 Å². The highest BCUT2D eigenvalue weighted by Crippen LogP contribution is 2.25. The van der Waals surface area contributed by atoms with Gasteiger partial charge in [0, 0.05) is 29.8 Å². The first kappa shape index (κ1) is 14.2. The highest BCUT2D eigenvalue weighted by molar-refractivity contribution is 6.32. The molecule has 110 valence electrons. The highest BCUT2D eigenvalue weighted by Gasteiger charge is 2.23. The number of aromatic amines is 1. The lowest BCUT2D eigenvalue weighted by molar-refractivity contribution is 0.803. The minimum atomic E-state index is -0.380. The van der Waals surface area contributed by atoms with Crippen molar-refractivity contribution < 1.29 is 0 Å². The number of hydrogen-bond acceptors (Lipinski definition) is 4. The van der Waals surface area contributed by atoms with Gasteiger partial charge in [-0.25, -0.2) is 5.10 Å². The van der Waals surface area contributed by atoms with Crippen molar-refractivity contribution in [2.24, 2.45) is 0 Å². The molecule has 1 aliphatic rings. The Morgan fingerprint density at radius 2 is 2.05 bits per heavy atom. The van der Waals surface area contributed by atoms with E-state index in [4.69, 9.17) is 23.2 Å². The molecular weight excluding hydrogens is 311 g/mol. The quantitative estimate of drug-likeness (QED) is 0.911. The van der Waals surface area contributed by atoms with Crippen LogP contribution in [-0.2, 0) is 0 Å². The van der Waals surface area contributed by atoms with Crippen molar-refractivity contribution in [2.45, 2.75) is 12.5 Å². The summed E-state index contributed by atoms with van der Waals surface area (Å²) in [7, 11) is 0. The number of halogens is 2. The number of aromatic nitrogens is 2. The maximum absolute atomic E-state index is 11.4. The first-order chi connectivity index (χ1) is 10.1. The van der Waals surface area contributed by atoms with Crippen molar-refractivity contribution in [3.8, 4) is 0 Å². The molecule has 1 fully saturated rings. The Kier molecular flexibility index (Phi) is 4.03. The SMILES string of the molecule is O=c1[nH]ncc(N[C@@H]2CCN(c3ccc(Cl)cc3)C2)c1Cl. The first-order valence-corrected chi connectivity index (χ1v) is 7.39. The van der Waals surface area contributed by atoms with E-state index in [0.29, 0.717) is 5.69 Å². The number of nitrogens with zero attached hydrogens (tertiary/aromatic N) is 2. The minimum absolute atomic E-state index is 0.148. The van der Waals surface area contributed by atoms with Gasteiger partial charge in [0.15, 0.2) is 0 Å². The Balaban J connectivity index is 1.68. The molecule has 1 aromatic carbocycles. The molecule has 1 aromatic heterocycles. The predicted octanol–water partition coefficient (Wildman–Crippen LogP) is 2.77. The molecule has 0 amide bonds. The van der Waals surface area contributed by atoms with Crippen LogP contribution in [0, 0.1) is 0 Å². The predicted molar refractivity (Wildman–Crippen MR) is 85.6 cm³/mol. The Hall–Kier alpha value is -1.72. The molecule has 2 aromatic rings. The lowest BCUT2D eigenvalue weighted by Crippen LogP contribution is -2.27. The van der Waals surface area contributed by atoms with E-state index in [1.165, 1.54) is 6.20 Å². The van der Waals surface area contributed by atoms with Gasteiger partial charge in [0.05, 0.1) is 11.9 Å². The van der Waals surface area contributed by atoms with Gasteiger partial charge in [0.25, 0.3) is 5.56 Å². The molecule has 0 saturated carbocycles. The second-order valence-corrected chi connectivity index (χ2v) is 5.79. The second-order valence-electron chi connectivity index (χ2n) is 4.98. The number of nitrogens with one attached hydrogen (secondary N) is 2. The summed E-state index contributed by atoms with van der Waals surface area (Å²) in [5.74, 6) is 0. The third-order valence-corrected chi connectivity index (χ3v) is 4.16. The van der Waals surface area contributed by atoms with Crippen LogP contribution in [0.1, 0.15) is 6.42 Å². The molecule has 0 spiro atoms. The zero-order valence-corrected chi connectivity index (χ0v) is 12.7. The summed E-state index contributed by atoms with van der Waals surface area (Å²) in [6.07, 6.45) is 2.50. The first-order valence-electron chi connectivity index (χ1n) is 6.64. The van der Waals surface area contributed by atoms with Crippen LogP contribution in [0.2, 0.25) is 10.0 Å². The average molecular weight is 325 g/mol. The highest BCUT2D eigenvalue weighted by atomic mass is 35.5. The molecule has 7 heteroatoms. The van der Waals surface area contributed by atoms with E-state index in [2.05, 4.69) is 20.4 Å². The molecule has 3 rings (SSSR count). The molecule has 21 heavy (non-hydrogen) atoms. The molecule has 5 nitrogen and oxygen atoms in total. The number of benzene rings is 1. The number of anilines is 2. The second kappa shape index (κ2) is 5.95. The molecule has 1 aliphatic heterocycles. The van der Waals surface area contributed by atoms with Crippen molar-refractivity contribution in [1.29, 1.82) is 0 Å². The third kappa shape index (κ3) is 3.14. The smallest absolute Gasteiger partial charge is 0.285 e. The summed E-state index contributed by atoms with van der Waals surface area (Å²) in [5.41, 5.74) is 1.33. The fraction of sp³-hybridized carbons (Fsp3) is 0.286. The normalized spacial score (nSPS) is 18.0. The number of hydrogen-bond donors (Lipinski definition) is 2. The van der Waals surface area contributed by atoms with Gasteiger partial charge in [-0.2, -0.15) is 5.10 Å². The topological polar surface area (TPSA) is 61.0 Å². The van der Waals surface area contributed by atoms with Crippen LogP contribution in [0.5, 0.6) is 0 Å². The zero-order chi connectivity index (χ0) is 14.8. The zero-order valence-electron chi connectivity index (χ0n) is 11.1. The Morgan fingerprint density at radius 3 is 2.81 bits per heavy atom. The van der Waals surface area contributed by atoms with E-state index in [9.17, 15) is 4.79 Å². The average Bonchev–Trinajstić information content (AvgIpc) is 2.93. The van der Waals surface area contributed by atoms with Gasteiger partial charge in [-0.15, -0.1) is 0 Å². The van der Waals surface area contributed by atoms with Gasteiger partial charge in [-0.3, -0.25) is 4.79 Å². The standard InChI is InChI=1S/C14H14Cl2N4O/c15-9-1-3-11(4-2-9)20-6-5-10(8-20)18-12-7-17-19-14(21)13(12)16/h1-4,7,10H,5-6,8H2,(H2,18,19,21)/t10-/m1/s1. The summed E-state index contributed by atoms with van der Waals surface area (Å²) in [6, 6.07) is 8.00. The van der Waals surface area contributed by atoms with Gasteiger partial charge >= 0.3 is 0 Å². The van der Waals surface area contributed by atoms with Crippen LogP contribution in [0.15, 0.2) is 35.3 Å². The molecule has 0 radical (unpaired) electrons. The fourth-order valence-corrected chi connectivity index (χ4v) is 2.74. The van der Waals surface area contributed by atoms with Crippen molar-refractivity contribution in [1.82, 2.24) is 10.2 Å². The third-order valence-electron chi connectivity index (χ3n) is 3.54. The van der Waals surface area contributed by atoms with E-state index in [1.54, 1.807) is 0 Å². The van der Waals surface area contributed by atoms with Crippen molar-refractivity contribution in [3.05, 3.63) is 50.9 Å². The molecule has 2 heterocycles. The molecule has 2 N–H and O–H groups in total. The fourth-order valence-electron chi connectivity index (χ4n) is 2.47. The Bertz CT molecular complexity index is 686. The minimum Gasteiger partial charge on any atom is -0.378 e. The molecule has 0 unspecified atom stereocenters. The van der Waals surface area contributed by atoms with E-state index in [0.717, 1.165) is 30.2 Å². The van der Waals surface area contributed by atoms with Gasteiger partial charge in [-0.05, 0) is 30.7 Å². The molecular formula is C14H14Cl2N4O. The lowest BCUT2D eigenvalue weighted by atomic mass is 10.2. The molecule has 0 bridgehead atoms. The molecule has 1 atom stereocenters. The molecule has 1 saturated heterocycles. The van der Waals surface area contributed by atoms with Crippen LogP contribution in [0.25, 0.3) is 0 Å². The largest absolute Gasteiger partial charge is 0.378 e. The Labute approximate surface area is 131 Å².